The average Bonchev–Trinajstić information content (AvgIpc) is 2.16. The van der Waals surface area contributed by atoms with Crippen LogP contribution in [0, 0.1) is 0 Å². The third-order valence-electron chi connectivity index (χ3n) is 1.27. The molecule has 0 aromatic rings. The first-order valence-corrected chi connectivity index (χ1v) is 5.41. The number of carbonyl (C=O) groups excluding carboxylic acids is 1. The van der Waals surface area contributed by atoms with Gasteiger partial charge in [-0.1, -0.05) is 15.9 Å². The summed E-state index contributed by atoms with van der Waals surface area (Å²) in [6.07, 6.45) is 0. The van der Waals surface area contributed by atoms with Gasteiger partial charge in [0.2, 0.25) is 5.91 Å². The van der Waals surface area contributed by atoms with E-state index in [-0.39, 0.29) is 5.91 Å². The normalized spacial score (nSPS) is 10.0. The van der Waals surface area contributed by atoms with Crippen LogP contribution in [0.2, 0.25) is 0 Å². The number of carbonyl (C=O) groups is 1. The Labute approximate surface area is 87.1 Å². The molecule has 0 spiro atoms. The highest BCUT2D eigenvalue weighted by atomic mass is 79.9. The molecule has 0 radical (unpaired) electrons. The van der Waals surface area contributed by atoms with Gasteiger partial charge >= 0.3 is 0 Å². The van der Waals surface area contributed by atoms with E-state index in [4.69, 9.17) is 9.47 Å². The van der Waals surface area contributed by atoms with E-state index in [0.29, 0.717) is 38.3 Å². The Morgan fingerprint density at radius 2 is 2.00 bits per heavy atom. The monoisotopic (exact) mass is 253 g/mol. The predicted octanol–water partition coefficient (Wildman–Crippen LogP) is 0.551. The van der Waals surface area contributed by atoms with Gasteiger partial charge in [-0.15, -0.1) is 0 Å². The molecule has 13 heavy (non-hydrogen) atoms. The molecule has 0 unspecified atom stereocenters. The molecule has 0 fully saturated rings. The Bertz CT molecular complexity index is 133. The Kier molecular flexibility index (Phi) is 9.85. The van der Waals surface area contributed by atoms with Crippen molar-refractivity contribution in [2.45, 2.75) is 6.92 Å². The van der Waals surface area contributed by atoms with Crippen LogP contribution >= 0.6 is 15.9 Å². The van der Waals surface area contributed by atoms with E-state index in [1.807, 2.05) is 6.92 Å². The molecule has 0 rings (SSSR count). The molecule has 4 nitrogen and oxygen atoms in total. The SMILES string of the molecule is CCOCCOCCNC(=O)CBr. The number of alkyl halides is 1. The summed E-state index contributed by atoms with van der Waals surface area (Å²) < 4.78 is 10.2. The summed E-state index contributed by atoms with van der Waals surface area (Å²) in [5.41, 5.74) is 0. The second-order valence-electron chi connectivity index (χ2n) is 2.29. The van der Waals surface area contributed by atoms with Crippen LogP contribution in [0.25, 0.3) is 0 Å². The Balaban J connectivity index is 2.95. The maximum absolute atomic E-state index is 10.7. The molecule has 0 aromatic heterocycles. The molecule has 78 valence electrons. The lowest BCUT2D eigenvalue weighted by molar-refractivity contribution is -0.118. The molecule has 0 saturated carbocycles. The number of amides is 1. The van der Waals surface area contributed by atoms with Gasteiger partial charge in [0.15, 0.2) is 0 Å². The molecule has 0 aliphatic carbocycles. The van der Waals surface area contributed by atoms with E-state index in [2.05, 4.69) is 21.2 Å². The Morgan fingerprint density at radius 1 is 1.31 bits per heavy atom. The van der Waals surface area contributed by atoms with Gasteiger partial charge in [0.1, 0.15) is 0 Å². The van der Waals surface area contributed by atoms with E-state index >= 15 is 0 Å². The van der Waals surface area contributed by atoms with Crippen molar-refractivity contribution in [3.05, 3.63) is 0 Å². The van der Waals surface area contributed by atoms with Gasteiger partial charge < -0.3 is 14.8 Å². The van der Waals surface area contributed by atoms with Gasteiger partial charge in [0, 0.05) is 13.2 Å². The Morgan fingerprint density at radius 3 is 2.62 bits per heavy atom. The van der Waals surface area contributed by atoms with Gasteiger partial charge in [-0.2, -0.15) is 0 Å². The average molecular weight is 254 g/mol. The smallest absolute Gasteiger partial charge is 0.230 e. The molecule has 0 aliphatic heterocycles. The third-order valence-corrected chi connectivity index (χ3v) is 1.78. The van der Waals surface area contributed by atoms with Gasteiger partial charge in [-0.25, -0.2) is 0 Å². The van der Waals surface area contributed by atoms with Crippen molar-refractivity contribution < 1.29 is 14.3 Å². The molecule has 0 saturated heterocycles. The molecular weight excluding hydrogens is 238 g/mol. The summed E-state index contributed by atoms with van der Waals surface area (Å²) >= 11 is 3.05. The van der Waals surface area contributed by atoms with Crippen LogP contribution in [0.5, 0.6) is 0 Å². The lowest BCUT2D eigenvalue weighted by atomic mass is 10.6. The van der Waals surface area contributed by atoms with Crippen LogP contribution in [-0.4, -0.2) is 44.2 Å². The number of hydrogen-bond acceptors (Lipinski definition) is 3. The quantitative estimate of drug-likeness (QED) is 0.508. The van der Waals surface area contributed by atoms with Crippen LogP contribution in [0.3, 0.4) is 0 Å². The largest absolute Gasteiger partial charge is 0.379 e. The third kappa shape index (κ3) is 9.79. The summed E-state index contributed by atoms with van der Waals surface area (Å²) in [6.45, 7) is 4.93. The van der Waals surface area contributed by atoms with Crippen LogP contribution in [0.4, 0.5) is 0 Å². The number of rotatable bonds is 8. The number of nitrogens with one attached hydrogen (secondary N) is 1. The minimum atomic E-state index is -0.0200. The van der Waals surface area contributed by atoms with E-state index < -0.39 is 0 Å². The molecule has 1 amide bonds. The highest BCUT2D eigenvalue weighted by molar-refractivity contribution is 9.09. The standard InChI is InChI=1S/C8H16BrNO3/c1-2-12-5-6-13-4-3-10-8(11)7-9/h2-7H2,1H3,(H,10,11). The van der Waals surface area contributed by atoms with Crippen molar-refractivity contribution in [2.75, 3.05) is 38.3 Å². The number of ether oxygens (including phenoxy) is 2. The van der Waals surface area contributed by atoms with Gasteiger partial charge in [0.05, 0.1) is 25.2 Å². The maximum Gasteiger partial charge on any atom is 0.230 e. The molecule has 0 aromatic carbocycles. The van der Waals surface area contributed by atoms with Gasteiger partial charge in [-0.05, 0) is 6.92 Å². The number of halogens is 1. The van der Waals surface area contributed by atoms with E-state index in [0.717, 1.165) is 0 Å². The fourth-order valence-electron chi connectivity index (χ4n) is 0.674. The van der Waals surface area contributed by atoms with Gasteiger partial charge in [-0.3, -0.25) is 4.79 Å². The van der Waals surface area contributed by atoms with Crippen molar-refractivity contribution >= 4 is 21.8 Å². The van der Waals surface area contributed by atoms with Crippen LogP contribution in [-0.2, 0) is 14.3 Å². The predicted molar refractivity (Wildman–Crippen MR) is 54.1 cm³/mol. The molecule has 1 N–H and O–H groups in total. The van der Waals surface area contributed by atoms with E-state index in [1.165, 1.54) is 0 Å². The van der Waals surface area contributed by atoms with Gasteiger partial charge in [0.25, 0.3) is 0 Å². The lowest BCUT2D eigenvalue weighted by Crippen LogP contribution is -2.28. The minimum Gasteiger partial charge on any atom is -0.379 e. The highest BCUT2D eigenvalue weighted by Crippen LogP contribution is 1.79. The molecular formula is C8H16BrNO3. The first kappa shape index (κ1) is 12.9. The summed E-state index contributed by atoms with van der Waals surface area (Å²) in [5.74, 6) is -0.0200. The zero-order chi connectivity index (χ0) is 9.94. The second kappa shape index (κ2) is 9.95. The summed E-state index contributed by atoms with van der Waals surface area (Å²) in [5, 5.41) is 3.01. The topological polar surface area (TPSA) is 47.6 Å². The number of hydrogen-bond donors (Lipinski definition) is 1. The van der Waals surface area contributed by atoms with Crippen LogP contribution in [0.15, 0.2) is 0 Å². The molecule has 0 heterocycles. The molecule has 0 atom stereocenters. The van der Waals surface area contributed by atoms with Crippen LogP contribution < -0.4 is 5.32 Å². The maximum atomic E-state index is 10.7. The van der Waals surface area contributed by atoms with Crippen molar-refractivity contribution in [1.29, 1.82) is 0 Å². The highest BCUT2D eigenvalue weighted by Gasteiger charge is 1.95. The first-order chi connectivity index (χ1) is 6.31. The molecule has 5 heteroatoms. The van der Waals surface area contributed by atoms with Crippen molar-refractivity contribution in [2.24, 2.45) is 0 Å². The Hall–Kier alpha value is -0.130. The minimum absolute atomic E-state index is 0.0200. The summed E-state index contributed by atoms with van der Waals surface area (Å²) in [4.78, 5) is 10.7. The van der Waals surface area contributed by atoms with E-state index in [1.54, 1.807) is 0 Å². The summed E-state index contributed by atoms with van der Waals surface area (Å²) in [7, 11) is 0. The van der Waals surface area contributed by atoms with Crippen molar-refractivity contribution in [1.82, 2.24) is 5.32 Å². The fraction of sp³-hybridized carbons (Fsp3) is 0.875. The van der Waals surface area contributed by atoms with E-state index in [9.17, 15) is 4.79 Å². The zero-order valence-corrected chi connectivity index (χ0v) is 9.43. The first-order valence-electron chi connectivity index (χ1n) is 4.29. The van der Waals surface area contributed by atoms with Crippen LogP contribution in [0.1, 0.15) is 6.92 Å². The lowest BCUT2D eigenvalue weighted by Gasteiger charge is -2.04. The second-order valence-corrected chi connectivity index (χ2v) is 2.85. The zero-order valence-electron chi connectivity index (χ0n) is 7.85. The fourth-order valence-corrected chi connectivity index (χ4v) is 0.872. The molecule has 0 bridgehead atoms. The van der Waals surface area contributed by atoms with Crippen molar-refractivity contribution in [3.8, 4) is 0 Å². The molecule has 0 aliphatic rings. The summed E-state index contributed by atoms with van der Waals surface area (Å²) in [6, 6.07) is 0. The van der Waals surface area contributed by atoms with Crippen molar-refractivity contribution in [3.63, 3.8) is 0 Å².